The molecular weight excluding hydrogens is 465 g/mol. The zero-order valence-electron chi connectivity index (χ0n) is 19.2. The van der Waals surface area contributed by atoms with Crippen LogP contribution in [0.2, 0.25) is 10.0 Å². The van der Waals surface area contributed by atoms with Crippen LogP contribution < -0.4 is 5.32 Å². The van der Waals surface area contributed by atoms with Crippen molar-refractivity contribution in [2.75, 3.05) is 32.7 Å². The molecule has 2 aliphatic heterocycles. The van der Waals surface area contributed by atoms with Gasteiger partial charge in [-0.2, -0.15) is 4.48 Å². The fourth-order valence-electron chi connectivity index (χ4n) is 5.87. The molecule has 2 N–H and O–H groups in total. The number of nitrogens with one attached hydrogen (secondary N) is 1. The maximum Gasteiger partial charge on any atom is 0.408 e. The molecule has 3 aliphatic rings. The van der Waals surface area contributed by atoms with Crippen molar-refractivity contribution in [1.29, 1.82) is 0 Å². The highest BCUT2D eigenvalue weighted by Crippen LogP contribution is 2.51. The van der Waals surface area contributed by atoms with Crippen molar-refractivity contribution in [2.24, 2.45) is 5.41 Å². The van der Waals surface area contributed by atoms with Crippen molar-refractivity contribution in [3.63, 3.8) is 0 Å². The van der Waals surface area contributed by atoms with Crippen LogP contribution in [-0.4, -0.2) is 70.7 Å². The smallest absolute Gasteiger partial charge is 0.408 e. The second-order valence-corrected chi connectivity index (χ2v) is 10.8. The Bertz CT molecular complexity index is 974. The number of carboxylic acid groups (broad SMARTS) is 1. The fourth-order valence-corrected chi connectivity index (χ4v) is 6.18. The lowest BCUT2D eigenvalue weighted by atomic mass is 9.77. The number of carbonyl (C=O) groups is 3. The van der Waals surface area contributed by atoms with Gasteiger partial charge in [0.25, 0.3) is 0 Å². The summed E-state index contributed by atoms with van der Waals surface area (Å²) in [6.45, 7) is 5.21. The monoisotopic (exact) mass is 496 g/mol. The number of hydrogen-bond donors (Lipinski definition) is 2. The predicted molar refractivity (Wildman–Crippen MR) is 126 cm³/mol. The maximum absolute atomic E-state index is 14.7. The van der Waals surface area contributed by atoms with E-state index in [1.165, 1.54) is 4.90 Å². The summed E-state index contributed by atoms with van der Waals surface area (Å²) in [4.78, 5) is 42.4. The number of nitrogens with zero attached hydrogens (tertiary/aromatic N) is 2. The van der Waals surface area contributed by atoms with E-state index in [1.807, 2.05) is 6.92 Å². The Kier molecular flexibility index (Phi) is 6.55. The molecule has 33 heavy (non-hydrogen) atoms. The molecular formula is C24H32Cl2N3O4+. The highest BCUT2D eigenvalue weighted by atomic mass is 35.5. The molecule has 1 aromatic rings. The largest absolute Gasteiger partial charge is 0.465 e. The molecule has 0 bridgehead atoms. The van der Waals surface area contributed by atoms with Gasteiger partial charge in [0.1, 0.15) is 0 Å². The third kappa shape index (κ3) is 3.87. The lowest BCUT2D eigenvalue weighted by molar-refractivity contribution is -0.790. The quantitative estimate of drug-likeness (QED) is 0.469. The van der Waals surface area contributed by atoms with E-state index in [0.717, 1.165) is 37.7 Å². The van der Waals surface area contributed by atoms with Crippen LogP contribution in [0.4, 0.5) is 4.79 Å². The molecule has 0 aromatic heterocycles. The molecule has 180 valence electrons. The standard InChI is InChI=1S/C24H31Cl2N3O4/c1-3-28(22(32)33)24(15-27-14-17(24)16-7-8-18(25)19(26)13-16)21(31)29(11-5-4-6-12-29)20(30)23(2)9-10-23/h7-8,13,17,27H,3-6,9-12,14-15H2,1-2H3/p+1/t17-,24+/m0/s1. The van der Waals surface area contributed by atoms with Gasteiger partial charge in [-0.05, 0) is 63.6 Å². The zero-order chi connectivity index (χ0) is 24.0. The lowest BCUT2D eigenvalue weighted by Gasteiger charge is -2.47. The summed E-state index contributed by atoms with van der Waals surface area (Å²) in [5, 5.41) is 14.2. The van der Waals surface area contributed by atoms with Crippen LogP contribution in [0.5, 0.6) is 0 Å². The highest BCUT2D eigenvalue weighted by molar-refractivity contribution is 6.42. The molecule has 7 nitrogen and oxygen atoms in total. The first-order chi connectivity index (χ1) is 15.6. The van der Waals surface area contributed by atoms with Gasteiger partial charge < -0.3 is 10.4 Å². The minimum absolute atomic E-state index is 0.0483. The van der Waals surface area contributed by atoms with Crippen LogP contribution in [0.3, 0.4) is 0 Å². The number of piperidine rings is 1. The van der Waals surface area contributed by atoms with Crippen LogP contribution >= 0.6 is 23.2 Å². The number of rotatable bonds is 5. The molecule has 0 unspecified atom stereocenters. The number of quaternary nitrogens is 1. The Labute approximate surface area is 204 Å². The van der Waals surface area contributed by atoms with Crippen molar-refractivity contribution in [2.45, 2.75) is 57.4 Å². The van der Waals surface area contributed by atoms with Crippen molar-refractivity contribution in [3.8, 4) is 0 Å². The molecule has 9 heteroatoms. The van der Waals surface area contributed by atoms with Gasteiger partial charge in [0.2, 0.25) is 0 Å². The van der Waals surface area contributed by atoms with Crippen LogP contribution in [-0.2, 0) is 9.59 Å². The number of halogens is 2. The highest BCUT2D eigenvalue weighted by Gasteiger charge is 2.68. The minimum atomic E-state index is -1.42. The van der Waals surface area contributed by atoms with E-state index in [1.54, 1.807) is 25.1 Å². The van der Waals surface area contributed by atoms with E-state index in [2.05, 4.69) is 5.32 Å². The Morgan fingerprint density at radius 1 is 1.12 bits per heavy atom. The third-order valence-corrected chi connectivity index (χ3v) is 8.68. The van der Waals surface area contributed by atoms with Gasteiger partial charge in [-0.15, -0.1) is 0 Å². The summed E-state index contributed by atoms with van der Waals surface area (Å²) >= 11 is 12.4. The van der Waals surface area contributed by atoms with Gasteiger partial charge in [0, 0.05) is 25.6 Å². The molecule has 1 aromatic carbocycles. The number of carbonyl (C=O) groups excluding carboxylic acids is 2. The van der Waals surface area contributed by atoms with Crippen molar-refractivity contribution < 1.29 is 24.0 Å². The summed E-state index contributed by atoms with van der Waals surface area (Å²) in [6.07, 6.45) is 2.89. The average molecular weight is 497 g/mol. The summed E-state index contributed by atoms with van der Waals surface area (Å²) in [6, 6.07) is 5.18. The molecule has 3 fully saturated rings. The van der Waals surface area contributed by atoms with Gasteiger partial charge in [-0.1, -0.05) is 29.3 Å². The molecule has 3 amide bonds. The zero-order valence-corrected chi connectivity index (χ0v) is 20.7. The average Bonchev–Trinajstić information content (AvgIpc) is 3.40. The van der Waals surface area contributed by atoms with E-state index in [-0.39, 0.29) is 29.4 Å². The second kappa shape index (κ2) is 8.84. The van der Waals surface area contributed by atoms with Crippen LogP contribution in [0.1, 0.15) is 57.4 Å². The Balaban J connectivity index is 1.89. The van der Waals surface area contributed by atoms with Gasteiger partial charge in [-0.3, -0.25) is 4.90 Å². The molecule has 2 heterocycles. The predicted octanol–water partition coefficient (Wildman–Crippen LogP) is 4.27. The summed E-state index contributed by atoms with van der Waals surface area (Å²) in [5.74, 6) is -0.842. The lowest BCUT2D eigenvalue weighted by Crippen LogP contribution is -2.73. The molecule has 2 saturated heterocycles. The summed E-state index contributed by atoms with van der Waals surface area (Å²) in [5.41, 5.74) is -1.18. The Morgan fingerprint density at radius 3 is 2.33 bits per heavy atom. The molecule has 1 aliphatic carbocycles. The minimum Gasteiger partial charge on any atom is -0.465 e. The van der Waals surface area contributed by atoms with E-state index in [9.17, 15) is 19.5 Å². The molecule has 0 spiro atoms. The number of benzene rings is 1. The van der Waals surface area contributed by atoms with E-state index >= 15 is 0 Å². The van der Waals surface area contributed by atoms with Crippen LogP contribution in [0.25, 0.3) is 0 Å². The maximum atomic E-state index is 14.7. The number of likely N-dealkylation sites (tertiary alicyclic amines) is 1. The summed E-state index contributed by atoms with van der Waals surface area (Å²) < 4.78 is -0.264. The third-order valence-electron chi connectivity index (χ3n) is 7.94. The van der Waals surface area contributed by atoms with Crippen molar-refractivity contribution in [3.05, 3.63) is 33.8 Å². The molecule has 0 radical (unpaired) electrons. The van der Waals surface area contributed by atoms with Gasteiger partial charge >= 0.3 is 17.9 Å². The topological polar surface area (TPSA) is 86.7 Å². The number of likely N-dealkylation sites (N-methyl/N-ethyl adjacent to an activating group) is 1. The van der Waals surface area contributed by atoms with Crippen molar-refractivity contribution in [1.82, 2.24) is 10.2 Å². The fraction of sp³-hybridized carbons (Fsp3) is 0.625. The normalized spacial score (nSPS) is 27.7. The van der Waals surface area contributed by atoms with E-state index in [0.29, 0.717) is 29.7 Å². The van der Waals surface area contributed by atoms with Gasteiger partial charge in [0.15, 0.2) is 5.54 Å². The second-order valence-electron chi connectivity index (χ2n) is 9.95. The van der Waals surface area contributed by atoms with Gasteiger partial charge in [0.05, 0.1) is 28.5 Å². The van der Waals surface area contributed by atoms with E-state index < -0.39 is 23.0 Å². The number of amides is 3. The first kappa shape index (κ1) is 24.5. The first-order valence-electron chi connectivity index (χ1n) is 11.8. The van der Waals surface area contributed by atoms with Crippen LogP contribution in [0.15, 0.2) is 18.2 Å². The SMILES string of the molecule is CCN(C(=O)O)[C@]1(C(=O)[N+]2(C(=O)C3(C)CC3)CCCCC2)CNC[C@H]1c1ccc(Cl)c(Cl)c1. The molecule has 2 atom stereocenters. The number of hydrogen-bond acceptors (Lipinski definition) is 4. The van der Waals surface area contributed by atoms with E-state index in [4.69, 9.17) is 23.2 Å². The molecule has 4 rings (SSSR count). The first-order valence-corrected chi connectivity index (χ1v) is 12.5. The number of imide groups is 1. The summed E-state index contributed by atoms with van der Waals surface area (Å²) in [7, 11) is 0. The Hall–Kier alpha value is -1.67. The van der Waals surface area contributed by atoms with Gasteiger partial charge in [-0.25, -0.2) is 14.4 Å². The Morgan fingerprint density at radius 2 is 1.79 bits per heavy atom. The molecule has 1 saturated carbocycles. The van der Waals surface area contributed by atoms with Crippen LogP contribution in [0, 0.1) is 5.41 Å². The van der Waals surface area contributed by atoms with Crippen molar-refractivity contribution >= 4 is 41.1 Å².